The number of aliphatic hydroxyl groups excluding tert-OH is 1. The molecule has 2 fully saturated rings. The number of oxime groups is 1. The highest BCUT2D eigenvalue weighted by atomic mass is 16.6. The quantitative estimate of drug-likeness (QED) is 0.156. The fourth-order valence-electron chi connectivity index (χ4n) is 6.47. The lowest BCUT2D eigenvalue weighted by Gasteiger charge is -2.42. The first-order valence-corrected chi connectivity index (χ1v) is 13.8. The maximum Gasteiger partial charge on any atom is 0.135 e. The number of rotatable bonds is 9. The molecule has 2 unspecified atom stereocenters. The predicted octanol–water partition coefficient (Wildman–Crippen LogP) is 8.49. The van der Waals surface area contributed by atoms with Gasteiger partial charge in [-0.15, -0.1) is 0 Å². The molecule has 0 saturated heterocycles. The lowest BCUT2D eigenvalue weighted by molar-refractivity contribution is 0.158. The van der Waals surface area contributed by atoms with Gasteiger partial charge in [-0.05, 0) is 87.0 Å². The molecular formula is C32H49NO2. The SMILES string of the molecule is C=CCO/N=C(\CCCC(C)C1=CC[C@H]2/C(=C/C=C3/CC(O)CCC3=C)CCC[C@]12C)C(C)(C)C. The third kappa shape index (κ3) is 6.88. The van der Waals surface area contributed by atoms with Crippen LogP contribution in [0.1, 0.15) is 98.8 Å². The van der Waals surface area contributed by atoms with Crippen LogP contribution >= 0.6 is 0 Å². The summed E-state index contributed by atoms with van der Waals surface area (Å²) < 4.78 is 0. The van der Waals surface area contributed by atoms with E-state index in [4.69, 9.17) is 4.84 Å². The second-order valence-electron chi connectivity index (χ2n) is 12.3. The Kier molecular flexibility index (Phi) is 9.43. The third-order valence-electron chi connectivity index (χ3n) is 8.61. The van der Waals surface area contributed by atoms with Crippen LogP contribution in [0.5, 0.6) is 0 Å². The normalized spacial score (nSPS) is 30.9. The summed E-state index contributed by atoms with van der Waals surface area (Å²) in [4.78, 5) is 5.43. The van der Waals surface area contributed by atoms with E-state index in [1.165, 1.54) is 43.3 Å². The average Bonchev–Trinajstić information content (AvgIpc) is 3.15. The van der Waals surface area contributed by atoms with E-state index in [0.717, 1.165) is 37.8 Å². The van der Waals surface area contributed by atoms with Gasteiger partial charge in [0.05, 0.1) is 11.8 Å². The first-order chi connectivity index (χ1) is 16.6. The number of hydrogen-bond acceptors (Lipinski definition) is 3. The van der Waals surface area contributed by atoms with E-state index >= 15 is 0 Å². The highest BCUT2D eigenvalue weighted by molar-refractivity contribution is 5.88. The van der Waals surface area contributed by atoms with Crippen molar-refractivity contribution < 1.29 is 9.94 Å². The van der Waals surface area contributed by atoms with Crippen molar-refractivity contribution in [2.75, 3.05) is 6.61 Å². The van der Waals surface area contributed by atoms with Crippen LogP contribution in [-0.2, 0) is 4.84 Å². The van der Waals surface area contributed by atoms with Crippen LogP contribution < -0.4 is 0 Å². The molecule has 2 saturated carbocycles. The molecule has 0 radical (unpaired) electrons. The van der Waals surface area contributed by atoms with Crippen molar-refractivity contribution in [2.45, 2.75) is 105 Å². The molecule has 4 atom stereocenters. The van der Waals surface area contributed by atoms with Gasteiger partial charge in [0.1, 0.15) is 6.61 Å². The summed E-state index contributed by atoms with van der Waals surface area (Å²) in [6.07, 6.45) is 19.5. The van der Waals surface area contributed by atoms with Gasteiger partial charge in [0.2, 0.25) is 0 Å². The Labute approximate surface area is 214 Å². The van der Waals surface area contributed by atoms with E-state index in [0.29, 0.717) is 18.4 Å². The standard InChI is InChI=1S/C32H49NO2/c1-8-21-35-33-30(31(4,5)6)13-9-11-24(3)28-18-19-29-25(12-10-20-32(28,29)7)15-16-26-22-27(34)17-14-23(26)2/h8,15-16,18,24,27,29,34H,1-2,9-14,17,19-22H2,3-7H3/b25-15+,26-16-,33-30+/t24?,27?,29-,32+/m0/s1. The Bertz CT molecular complexity index is 897. The summed E-state index contributed by atoms with van der Waals surface area (Å²) in [5, 5.41) is 14.5. The minimum Gasteiger partial charge on any atom is -0.393 e. The number of allylic oxidation sites excluding steroid dienone is 6. The van der Waals surface area contributed by atoms with Gasteiger partial charge in [-0.25, -0.2) is 0 Å². The fraction of sp³-hybridized carbons (Fsp3) is 0.656. The van der Waals surface area contributed by atoms with Crippen molar-refractivity contribution in [2.24, 2.45) is 27.8 Å². The van der Waals surface area contributed by atoms with E-state index < -0.39 is 0 Å². The van der Waals surface area contributed by atoms with Crippen molar-refractivity contribution in [3.05, 3.63) is 59.8 Å². The van der Waals surface area contributed by atoms with Crippen LogP contribution in [0.25, 0.3) is 0 Å². The topological polar surface area (TPSA) is 41.8 Å². The second kappa shape index (κ2) is 11.9. The van der Waals surface area contributed by atoms with E-state index in [1.807, 2.05) is 0 Å². The van der Waals surface area contributed by atoms with Crippen LogP contribution in [0.3, 0.4) is 0 Å². The van der Waals surface area contributed by atoms with Crippen molar-refractivity contribution in [1.29, 1.82) is 0 Å². The van der Waals surface area contributed by atoms with Crippen molar-refractivity contribution >= 4 is 5.71 Å². The Morgan fingerprint density at radius 2 is 2.09 bits per heavy atom. The molecular weight excluding hydrogens is 430 g/mol. The van der Waals surface area contributed by atoms with Crippen LogP contribution in [0.4, 0.5) is 0 Å². The van der Waals surface area contributed by atoms with Gasteiger partial charge in [-0.3, -0.25) is 0 Å². The summed E-state index contributed by atoms with van der Waals surface area (Å²) in [6, 6.07) is 0. The van der Waals surface area contributed by atoms with Crippen molar-refractivity contribution in [3.63, 3.8) is 0 Å². The average molecular weight is 480 g/mol. The molecule has 0 bridgehead atoms. The molecule has 3 rings (SSSR count). The number of aliphatic hydroxyl groups is 1. The highest BCUT2D eigenvalue weighted by Gasteiger charge is 2.45. The minimum atomic E-state index is -0.209. The molecule has 0 aromatic heterocycles. The van der Waals surface area contributed by atoms with Crippen LogP contribution in [0.15, 0.2) is 64.9 Å². The second-order valence-corrected chi connectivity index (χ2v) is 12.3. The van der Waals surface area contributed by atoms with E-state index in [-0.39, 0.29) is 16.9 Å². The molecule has 1 N–H and O–H groups in total. The Morgan fingerprint density at radius 1 is 1.31 bits per heavy atom. The smallest absolute Gasteiger partial charge is 0.135 e. The van der Waals surface area contributed by atoms with E-state index in [9.17, 15) is 5.11 Å². The third-order valence-corrected chi connectivity index (χ3v) is 8.61. The maximum atomic E-state index is 10.1. The van der Waals surface area contributed by atoms with Crippen molar-refractivity contribution in [1.82, 2.24) is 0 Å². The molecule has 0 heterocycles. The summed E-state index contributed by atoms with van der Waals surface area (Å²) in [6.45, 7) is 20.0. The fourth-order valence-corrected chi connectivity index (χ4v) is 6.47. The van der Waals surface area contributed by atoms with Gasteiger partial charge in [-0.1, -0.05) is 94.0 Å². The van der Waals surface area contributed by atoms with Gasteiger partial charge < -0.3 is 9.94 Å². The number of hydrogen-bond donors (Lipinski definition) is 1. The van der Waals surface area contributed by atoms with Crippen LogP contribution in [0.2, 0.25) is 0 Å². The van der Waals surface area contributed by atoms with Crippen LogP contribution in [-0.4, -0.2) is 23.5 Å². The van der Waals surface area contributed by atoms with Gasteiger partial charge in [0, 0.05) is 5.41 Å². The molecule has 3 nitrogen and oxygen atoms in total. The zero-order valence-electron chi connectivity index (χ0n) is 23.0. The van der Waals surface area contributed by atoms with Crippen molar-refractivity contribution in [3.8, 4) is 0 Å². The highest BCUT2D eigenvalue weighted by Crippen LogP contribution is 2.57. The maximum absolute atomic E-state index is 10.1. The molecule has 3 aliphatic rings. The van der Waals surface area contributed by atoms with E-state index in [2.05, 4.69) is 71.2 Å². The summed E-state index contributed by atoms with van der Waals surface area (Å²) in [7, 11) is 0. The van der Waals surface area contributed by atoms with Crippen LogP contribution in [0, 0.1) is 22.7 Å². The number of nitrogens with zero attached hydrogens (tertiary/aromatic N) is 1. The molecule has 0 aromatic rings. The molecule has 0 aromatic carbocycles. The summed E-state index contributed by atoms with van der Waals surface area (Å²) >= 11 is 0. The molecule has 35 heavy (non-hydrogen) atoms. The van der Waals surface area contributed by atoms with Gasteiger partial charge in [0.25, 0.3) is 0 Å². The monoisotopic (exact) mass is 479 g/mol. The Balaban J connectivity index is 1.64. The summed E-state index contributed by atoms with van der Waals surface area (Å²) in [5.41, 5.74) is 7.16. The first kappa shape index (κ1) is 27.7. The first-order valence-electron chi connectivity index (χ1n) is 13.8. The van der Waals surface area contributed by atoms with Gasteiger partial charge >= 0.3 is 0 Å². The lowest BCUT2D eigenvalue weighted by Crippen LogP contribution is -2.32. The number of fused-ring (bicyclic) bond motifs is 1. The zero-order chi connectivity index (χ0) is 25.6. The van der Waals surface area contributed by atoms with E-state index in [1.54, 1.807) is 17.2 Å². The molecule has 3 heteroatoms. The molecule has 194 valence electrons. The largest absolute Gasteiger partial charge is 0.393 e. The molecule has 0 aliphatic heterocycles. The zero-order valence-corrected chi connectivity index (χ0v) is 23.0. The van der Waals surface area contributed by atoms with Gasteiger partial charge in [-0.2, -0.15) is 0 Å². The molecule has 3 aliphatic carbocycles. The lowest BCUT2D eigenvalue weighted by atomic mass is 9.62. The predicted molar refractivity (Wildman–Crippen MR) is 149 cm³/mol. The minimum absolute atomic E-state index is 0.0192. The Morgan fingerprint density at radius 3 is 2.80 bits per heavy atom. The molecule has 0 amide bonds. The summed E-state index contributed by atoms with van der Waals surface area (Å²) in [5.74, 6) is 1.21. The Hall–Kier alpha value is -1.87. The molecule has 0 spiro atoms. The van der Waals surface area contributed by atoms with Gasteiger partial charge in [0.15, 0.2) is 0 Å².